The van der Waals surface area contributed by atoms with E-state index in [2.05, 4.69) is 4.98 Å². The lowest BCUT2D eigenvalue weighted by Gasteiger charge is -2.21. The van der Waals surface area contributed by atoms with Crippen LogP contribution >= 0.6 is 0 Å². The fourth-order valence-corrected chi connectivity index (χ4v) is 2.23. The quantitative estimate of drug-likeness (QED) is 0.859. The first kappa shape index (κ1) is 13.8. The van der Waals surface area contributed by atoms with Crippen molar-refractivity contribution in [3.05, 3.63) is 24.0 Å². The molecule has 1 saturated heterocycles. The Morgan fingerprint density at radius 3 is 2.79 bits per heavy atom. The molecule has 0 radical (unpaired) electrons. The van der Waals surface area contributed by atoms with Crippen LogP contribution in [0.1, 0.15) is 25.5 Å². The van der Waals surface area contributed by atoms with Crippen molar-refractivity contribution in [2.45, 2.75) is 32.3 Å². The monoisotopic (exact) mass is 263 g/mol. The van der Waals surface area contributed by atoms with Crippen molar-refractivity contribution < 1.29 is 9.53 Å². The molecule has 1 unspecified atom stereocenters. The SMILES string of the molecule is CC(Oc1ccc(CCN)nc1)C(=O)N1CCCC1. The van der Waals surface area contributed by atoms with E-state index in [4.69, 9.17) is 10.5 Å². The molecular weight excluding hydrogens is 242 g/mol. The first-order valence-corrected chi connectivity index (χ1v) is 6.81. The minimum atomic E-state index is -0.458. The first-order valence-electron chi connectivity index (χ1n) is 6.81. The van der Waals surface area contributed by atoms with E-state index in [-0.39, 0.29) is 5.91 Å². The molecule has 104 valence electrons. The van der Waals surface area contributed by atoms with Gasteiger partial charge in [-0.05, 0) is 38.4 Å². The Hall–Kier alpha value is -1.62. The largest absolute Gasteiger partial charge is 0.479 e. The number of likely N-dealkylation sites (tertiary alicyclic amines) is 1. The lowest BCUT2D eigenvalue weighted by Crippen LogP contribution is -2.38. The number of nitrogens with two attached hydrogens (primary N) is 1. The van der Waals surface area contributed by atoms with Crippen LogP contribution in [0, 0.1) is 0 Å². The van der Waals surface area contributed by atoms with Gasteiger partial charge in [0, 0.05) is 25.2 Å². The van der Waals surface area contributed by atoms with Gasteiger partial charge in [0.1, 0.15) is 5.75 Å². The van der Waals surface area contributed by atoms with Crippen LogP contribution < -0.4 is 10.5 Å². The van der Waals surface area contributed by atoms with E-state index in [1.165, 1.54) is 0 Å². The lowest BCUT2D eigenvalue weighted by molar-refractivity contribution is -0.136. The number of amides is 1. The van der Waals surface area contributed by atoms with Gasteiger partial charge in [0.15, 0.2) is 6.10 Å². The highest BCUT2D eigenvalue weighted by Crippen LogP contribution is 2.15. The van der Waals surface area contributed by atoms with Gasteiger partial charge in [-0.1, -0.05) is 0 Å². The smallest absolute Gasteiger partial charge is 0.263 e. The molecule has 0 bridgehead atoms. The normalized spacial score (nSPS) is 16.4. The van der Waals surface area contributed by atoms with Gasteiger partial charge < -0.3 is 15.4 Å². The molecule has 1 aliphatic rings. The topological polar surface area (TPSA) is 68.5 Å². The molecule has 0 spiro atoms. The Kier molecular flexibility index (Phi) is 4.74. The van der Waals surface area contributed by atoms with Crippen molar-refractivity contribution >= 4 is 5.91 Å². The molecule has 1 fully saturated rings. The summed E-state index contributed by atoms with van der Waals surface area (Å²) >= 11 is 0. The van der Waals surface area contributed by atoms with E-state index in [9.17, 15) is 4.79 Å². The highest BCUT2D eigenvalue weighted by Gasteiger charge is 2.24. The van der Waals surface area contributed by atoms with Gasteiger partial charge in [0.25, 0.3) is 5.91 Å². The average molecular weight is 263 g/mol. The minimum absolute atomic E-state index is 0.0588. The summed E-state index contributed by atoms with van der Waals surface area (Å²) in [5.74, 6) is 0.685. The summed E-state index contributed by atoms with van der Waals surface area (Å²) in [6.07, 6.45) is 4.13. The van der Waals surface area contributed by atoms with Crippen molar-refractivity contribution in [1.82, 2.24) is 9.88 Å². The summed E-state index contributed by atoms with van der Waals surface area (Å²) in [6, 6.07) is 3.72. The Morgan fingerprint density at radius 1 is 1.47 bits per heavy atom. The van der Waals surface area contributed by atoms with Gasteiger partial charge in [-0.15, -0.1) is 0 Å². The Balaban J connectivity index is 1.90. The van der Waals surface area contributed by atoms with Crippen molar-refractivity contribution in [2.24, 2.45) is 5.73 Å². The second-order valence-electron chi connectivity index (χ2n) is 4.82. The molecule has 0 aliphatic carbocycles. The number of nitrogens with zero attached hydrogens (tertiary/aromatic N) is 2. The predicted octanol–water partition coefficient (Wildman–Crippen LogP) is 0.973. The fourth-order valence-electron chi connectivity index (χ4n) is 2.23. The zero-order chi connectivity index (χ0) is 13.7. The van der Waals surface area contributed by atoms with Crippen LogP contribution in [0.5, 0.6) is 5.75 Å². The molecule has 1 aliphatic heterocycles. The van der Waals surface area contributed by atoms with Crippen molar-refractivity contribution in [3.8, 4) is 5.75 Å². The van der Waals surface area contributed by atoms with Crippen molar-refractivity contribution in [1.29, 1.82) is 0 Å². The summed E-state index contributed by atoms with van der Waals surface area (Å²) in [5.41, 5.74) is 6.41. The number of carbonyl (C=O) groups is 1. The Labute approximate surface area is 113 Å². The maximum Gasteiger partial charge on any atom is 0.263 e. The van der Waals surface area contributed by atoms with Crippen LogP contribution in [0.15, 0.2) is 18.3 Å². The summed E-state index contributed by atoms with van der Waals surface area (Å²) in [7, 11) is 0. The molecule has 5 heteroatoms. The third kappa shape index (κ3) is 3.67. The number of hydrogen-bond donors (Lipinski definition) is 1. The standard InChI is InChI=1S/C14H21N3O2/c1-11(14(18)17-8-2-3-9-17)19-13-5-4-12(6-7-15)16-10-13/h4-5,10-11H,2-3,6-9,15H2,1H3. The van der Waals surface area contributed by atoms with Gasteiger partial charge in [-0.25, -0.2) is 0 Å². The molecule has 0 saturated carbocycles. The van der Waals surface area contributed by atoms with E-state index < -0.39 is 6.10 Å². The molecule has 0 aromatic carbocycles. The number of aromatic nitrogens is 1. The number of pyridine rings is 1. The molecular formula is C14H21N3O2. The summed E-state index contributed by atoms with van der Waals surface area (Å²) in [4.78, 5) is 18.2. The van der Waals surface area contributed by atoms with E-state index in [0.29, 0.717) is 12.3 Å². The van der Waals surface area contributed by atoms with Crippen molar-refractivity contribution in [3.63, 3.8) is 0 Å². The first-order chi connectivity index (χ1) is 9.20. The molecule has 1 atom stereocenters. The molecule has 2 heterocycles. The summed E-state index contributed by atoms with van der Waals surface area (Å²) in [5, 5.41) is 0. The molecule has 19 heavy (non-hydrogen) atoms. The van der Waals surface area contributed by atoms with E-state index in [1.54, 1.807) is 13.1 Å². The van der Waals surface area contributed by atoms with Gasteiger partial charge in [-0.2, -0.15) is 0 Å². The van der Waals surface area contributed by atoms with Crippen LogP contribution in [-0.2, 0) is 11.2 Å². The zero-order valence-electron chi connectivity index (χ0n) is 11.3. The highest BCUT2D eigenvalue weighted by molar-refractivity contribution is 5.81. The lowest BCUT2D eigenvalue weighted by atomic mass is 10.2. The van der Waals surface area contributed by atoms with E-state index in [0.717, 1.165) is 38.0 Å². The molecule has 2 N–H and O–H groups in total. The number of ether oxygens (including phenoxy) is 1. The van der Waals surface area contributed by atoms with Gasteiger partial charge in [-0.3, -0.25) is 9.78 Å². The number of hydrogen-bond acceptors (Lipinski definition) is 4. The molecule has 5 nitrogen and oxygen atoms in total. The molecule has 2 rings (SSSR count). The third-order valence-electron chi connectivity index (χ3n) is 3.28. The zero-order valence-corrected chi connectivity index (χ0v) is 11.3. The van der Waals surface area contributed by atoms with Crippen LogP contribution in [0.3, 0.4) is 0 Å². The maximum absolute atomic E-state index is 12.1. The average Bonchev–Trinajstić information content (AvgIpc) is 2.94. The molecule has 1 aromatic rings. The summed E-state index contributed by atoms with van der Waals surface area (Å²) < 4.78 is 5.64. The Morgan fingerprint density at radius 2 is 2.21 bits per heavy atom. The predicted molar refractivity (Wildman–Crippen MR) is 72.9 cm³/mol. The second kappa shape index (κ2) is 6.52. The molecule has 1 aromatic heterocycles. The van der Waals surface area contributed by atoms with E-state index in [1.807, 2.05) is 17.0 Å². The van der Waals surface area contributed by atoms with Crippen LogP contribution in [0.25, 0.3) is 0 Å². The third-order valence-corrected chi connectivity index (χ3v) is 3.28. The maximum atomic E-state index is 12.1. The van der Waals surface area contributed by atoms with Crippen LogP contribution in [0.2, 0.25) is 0 Å². The van der Waals surface area contributed by atoms with Gasteiger partial charge in [0.2, 0.25) is 0 Å². The van der Waals surface area contributed by atoms with Gasteiger partial charge in [0.05, 0.1) is 6.20 Å². The highest BCUT2D eigenvalue weighted by atomic mass is 16.5. The van der Waals surface area contributed by atoms with Crippen LogP contribution in [0.4, 0.5) is 0 Å². The van der Waals surface area contributed by atoms with E-state index >= 15 is 0 Å². The summed E-state index contributed by atoms with van der Waals surface area (Å²) in [6.45, 7) is 4.06. The van der Waals surface area contributed by atoms with Gasteiger partial charge >= 0.3 is 0 Å². The van der Waals surface area contributed by atoms with Crippen molar-refractivity contribution in [2.75, 3.05) is 19.6 Å². The number of carbonyl (C=O) groups excluding carboxylic acids is 1. The Bertz CT molecular complexity index is 413. The van der Waals surface area contributed by atoms with Crippen LogP contribution in [-0.4, -0.2) is 41.5 Å². The minimum Gasteiger partial charge on any atom is -0.479 e. The fraction of sp³-hybridized carbons (Fsp3) is 0.571. The second-order valence-corrected chi connectivity index (χ2v) is 4.82. The molecule has 1 amide bonds. The number of rotatable bonds is 5.